The first-order chi connectivity index (χ1) is 9.58. The van der Waals surface area contributed by atoms with Crippen LogP contribution in [0.4, 0.5) is 4.39 Å². The Morgan fingerprint density at radius 3 is 2.45 bits per heavy atom. The lowest BCUT2D eigenvalue weighted by molar-refractivity contribution is 0.555. The maximum absolute atomic E-state index is 12.9. The van der Waals surface area contributed by atoms with E-state index >= 15 is 0 Å². The number of nitrogens with one attached hydrogen (secondary N) is 1. The molecule has 1 nitrogen and oxygen atoms in total. The fourth-order valence-corrected chi connectivity index (χ4v) is 2.88. The molecule has 2 aromatic rings. The van der Waals surface area contributed by atoms with Gasteiger partial charge in [-0.2, -0.15) is 0 Å². The monoisotopic (exact) mass is 355 g/mol. The second kappa shape index (κ2) is 7.21. The van der Waals surface area contributed by atoms with Gasteiger partial charge in [-0.3, -0.25) is 0 Å². The summed E-state index contributed by atoms with van der Waals surface area (Å²) in [6, 6.07) is 12.8. The zero-order valence-electron chi connectivity index (χ0n) is 11.2. The Morgan fingerprint density at radius 2 is 1.85 bits per heavy atom. The topological polar surface area (TPSA) is 12.0 Å². The third-order valence-corrected chi connectivity index (χ3v) is 4.13. The molecule has 0 radical (unpaired) electrons. The molecular formula is C16H16BrClFN. The lowest BCUT2D eigenvalue weighted by Crippen LogP contribution is -2.30. The summed E-state index contributed by atoms with van der Waals surface area (Å²) in [5.41, 5.74) is 2.22. The van der Waals surface area contributed by atoms with Gasteiger partial charge in [-0.15, -0.1) is 0 Å². The molecule has 0 aliphatic carbocycles. The number of likely N-dealkylation sites (N-methyl/N-ethyl adjacent to an activating group) is 1. The number of benzene rings is 2. The van der Waals surface area contributed by atoms with Gasteiger partial charge in [0.05, 0.1) is 0 Å². The highest BCUT2D eigenvalue weighted by atomic mass is 79.9. The van der Waals surface area contributed by atoms with Crippen LogP contribution < -0.4 is 5.32 Å². The van der Waals surface area contributed by atoms with Crippen molar-refractivity contribution < 1.29 is 4.39 Å². The predicted octanol–water partition coefficient (Wildman–Crippen LogP) is 4.61. The molecule has 1 unspecified atom stereocenters. The summed E-state index contributed by atoms with van der Waals surface area (Å²) < 4.78 is 13.9. The SMILES string of the molecule is CNC(Cc1ccc(F)cc1)Cc1ccc(Br)cc1Cl. The van der Waals surface area contributed by atoms with Gasteiger partial charge < -0.3 is 5.32 Å². The van der Waals surface area contributed by atoms with Crippen LogP contribution in [0.25, 0.3) is 0 Å². The molecule has 0 aliphatic heterocycles. The quantitative estimate of drug-likeness (QED) is 0.824. The smallest absolute Gasteiger partial charge is 0.123 e. The highest BCUT2D eigenvalue weighted by molar-refractivity contribution is 9.10. The standard InChI is InChI=1S/C16H16BrClFN/c1-20-15(8-11-2-6-14(19)7-3-11)9-12-4-5-13(17)10-16(12)18/h2-7,10,15,20H,8-9H2,1H3. The van der Waals surface area contributed by atoms with Crippen LogP contribution >= 0.6 is 27.5 Å². The first kappa shape index (κ1) is 15.5. The number of hydrogen-bond acceptors (Lipinski definition) is 1. The molecule has 1 atom stereocenters. The van der Waals surface area contributed by atoms with Crippen molar-refractivity contribution in [2.45, 2.75) is 18.9 Å². The van der Waals surface area contributed by atoms with Crippen LogP contribution in [-0.2, 0) is 12.8 Å². The van der Waals surface area contributed by atoms with Crippen LogP contribution in [-0.4, -0.2) is 13.1 Å². The molecule has 2 rings (SSSR count). The van der Waals surface area contributed by atoms with Crippen molar-refractivity contribution in [3.8, 4) is 0 Å². The van der Waals surface area contributed by atoms with E-state index in [0.717, 1.165) is 33.5 Å². The van der Waals surface area contributed by atoms with Gasteiger partial charge in [0, 0.05) is 15.5 Å². The molecule has 2 aromatic carbocycles. The van der Waals surface area contributed by atoms with Gasteiger partial charge in [-0.05, 0) is 55.3 Å². The van der Waals surface area contributed by atoms with Crippen molar-refractivity contribution in [2.75, 3.05) is 7.05 Å². The zero-order valence-corrected chi connectivity index (χ0v) is 13.5. The molecule has 4 heteroatoms. The van der Waals surface area contributed by atoms with Crippen LogP contribution in [0.2, 0.25) is 5.02 Å². The van der Waals surface area contributed by atoms with Crippen LogP contribution in [0.3, 0.4) is 0 Å². The van der Waals surface area contributed by atoms with Crippen molar-refractivity contribution in [3.05, 3.63) is 68.9 Å². The van der Waals surface area contributed by atoms with Gasteiger partial charge in [0.2, 0.25) is 0 Å². The van der Waals surface area contributed by atoms with E-state index in [0.29, 0.717) is 0 Å². The Morgan fingerprint density at radius 1 is 1.15 bits per heavy atom. The van der Waals surface area contributed by atoms with Gasteiger partial charge in [0.15, 0.2) is 0 Å². The van der Waals surface area contributed by atoms with Crippen LogP contribution in [0, 0.1) is 5.82 Å². The number of hydrogen-bond donors (Lipinski definition) is 1. The van der Waals surface area contributed by atoms with Gasteiger partial charge in [0.1, 0.15) is 5.82 Å². The second-order valence-electron chi connectivity index (χ2n) is 4.76. The minimum Gasteiger partial charge on any atom is -0.316 e. The van der Waals surface area contributed by atoms with Gasteiger partial charge in [0.25, 0.3) is 0 Å². The first-order valence-corrected chi connectivity index (χ1v) is 7.61. The number of halogens is 3. The molecule has 0 heterocycles. The lowest BCUT2D eigenvalue weighted by Gasteiger charge is -2.17. The third-order valence-electron chi connectivity index (χ3n) is 3.29. The maximum Gasteiger partial charge on any atom is 0.123 e. The van der Waals surface area contributed by atoms with E-state index in [1.165, 1.54) is 12.1 Å². The van der Waals surface area contributed by atoms with Gasteiger partial charge in [-0.25, -0.2) is 4.39 Å². The van der Waals surface area contributed by atoms with Crippen LogP contribution in [0.15, 0.2) is 46.9 Å². The Kier molecular flexibility index (Phi) is 5.58. The Hall–Kier alpha value is -0.900. The summed E-state index contributed by atoms with van der Waals surface area (Å²) in [6.45, 7) is 0. The molecule has 0 aliphatic rings. The van der Waals surface area contributed by atoms with Crippen LogP contribution in [0.1, 0.15) is 11.1 Å². The average Bonchev–Trinajstić information content (AvgIpc) is 2.43. The van der Waals surface area contributed by atoms with E-state index in [9.17, 15) is 4.39 Å². The molecule has 0 saturated carbocycles. The van der Waals surface area contributed by atoms with E-state index in [2.05, 4.69) is 21.2 Å². The van der Waals surface area contributed by atoms with Crippen molar-refractivity contribution in [2.24, 2.45) is 0 Å². The van der Waals surface area contributed by atoms with Crippen molar-refractivity contribution in [3.63, 3.8) is 0 Å². The first-order valence-electron chi connectivity index (χ1n) is 6.44. The second-order valence-corrected chi connectivity index (χ2v) is 6.08. The summed E-state index contributed by atoms with van der Waals surface area (Å²) in [5, 5.41) is 4.05. The zero-order chi connectivity index (χ0) is 14.5. The molecule has 0 spiro atoms. The minimum atomic E-state index is -0.203. The van der Waals surface area contributed by atoms with Crippen molar-refractivity contribution in [1.82, 2.24) is 5.32 Å². The molecule has 106 valence electrons. The maximum atomic E-state index is 12.9. The Bertz CT molecular complexity index is 571. The fourth-order valence-electron chi connectivity index (χ4n) is 2.13. The van der Waals surface area contributed by atoms with Crippen molar-refractivity contribution >= 4 is 27.5 Å². The predicted molar refractivity (Wildman–Crippen MR) is 85.8 cm³/mol. The van der Waals surface area contributed by atoms with E-state index in [-0.39, 0.29) is 11.9 Å². The average molecular weight is 357 g/mol. The van der Waals surface area contributed by atoms with E-state index in [1.807, 2.05) is 37.4 Å². The molecule has 0 aromatic heterocycles. The van der Waals surface area contributed by atoms with Crippen molar-refractivity contribution in [1.29, 1.82) is 0 Å². The van der Waals surface area contributed by atoms with Gasteiger partial charge in [-0.1, -0.05) is 45.7 Å². The summed E-state index contributed by atoms with van der Waals surface area (Å²) >= 11 is 9.65. The summed E-state index contributed by atoms with van der Waals surface area (Å²) in [6.07, 6.45) is 1.67. The summed E-state index contributed by atoms with van der Waals surface area (Å²) in [4.78, 5) is 0. The van der Waals surface area contributed by atoms with Gasteiger partial charge >= 0.3 is 0 Å². The Balaban J connectivity index is 2.07. The van der Waals surface area contributed by atoms with Crippen LogP contribution in [0.5, 0.6) is 0 Å². The van der Waals surface area contributed by atoms with E-state index < -0.39 is 0 Å². The van der Waals surface area contributed by atoms with E-state index in [1.54, 1.807) is 0 Å². The Labute approximate surface area is 132 Å². The number of rotatable bonds is 5. The molecule has 0 fully saturated rings. The largest absolute Gasteiger partial charge is 0.316 e. The molecule has 20 heavy (non-hydrogen) atoms. The summed E-state index contributed by atoms with van der Waals surface area (Å²) in [7, 11) is 1.93. The molecule has 0 amide bonds. The molecule has 0 saturated heterocycles. The highest BCUT2D eigenvalue weighted by Gasteiger charge is 2.11. The normalized spacial score (nSPS) is 12.4. The molecule has 0 bridgehead atoms. The molecule has 1 N–H and O–H groups in total. The highest BCUT2D eigenvalue weighted by Crippen LogP contribution is 2.23. The molecular weight excluding hydrogens is 341 g/mol. The van der Waals surface area contributed by atoms with E-state index in [4.69, 9.17) is 11.6 Å². The third kappa shape index (κ3) is 4.30. The fraction of sp³-hybridized carbons (Fsp3) is 0.250. The summed E-state index contributed by atoms with van der Waals surface area (Å²) in [5.74, 6) is -0.203. The lowest BCUT2D eigenvalue weighted by atomic mass is 9.99. The minimum absolute atomic E-state index is 0.203.